The summed E-state index contributed by atoms with van der Waals surface area (Å²) in [6.07, 6.45) is 4.45. The second kappa shape index (κ2) is 5.48. The molecule has 3 aromatic rings. The van der Waals surface area contributed by atoms with E-state index in [4.69, 9.17) is 0 Å². The minimum Gasteiger partial charge on any atom is -0.353 e. The molecule has 0 amide bonds. The highest BCUT2D eigenvalue weighted by atomic mass is 19.1. The molecule has 0 atom stereocenters. The van der Waals surface area contributed by atoms with Crippen molar-refractivity contribution in [2.24, 2.45) is 0 Å². The van der Waals surface area contributed by atoms with Crippen LogP contribution in [-0.4, -0.2) is 9.97 Å². The standard InChI is InChI=1S/C16H12FN3/c17-13-8-15(10-18-9-13)20-14-6-7-16(19-11-14)12-4-2-1-3-5-12/h1-11,20H. The Balaban J connectivity index is 1.80. The van der Waals surface area contributed by atoms with Gasteiger partial charge in [-0.15, -0.1) is 0 Å². The van der Waals surface area contributed by atoms with E-state index in [0.29, 0.717) is 5.69 Å². The summed E-state index contributed by atoms with van der Waals surface area (Å²) in [5.74, 6) is -0.371. The van der Waals surface area contributed by atoms with E-state index in [1.165, 1.54) is 12.3 Å². The Morgan fingerprint density at radius 1 is 0.850 bits per heavy atom. The zero-order valence-corrected chi connectivity index (χ0v) is 10.6. The first-order valence-corrected chi connectivity index (χ1v) is 6.20. The lowest BCUT2D eigenvalue weighted by Gasteiger charge is -2.06. The molecule has 0 fully saturated rings. The molecular weight excluding hydrogens is 253 g/mol. The molecule has 0 saturated heterocycles. The quantitative estimate of drug-likeness (QED) is 0.777. The molecule has 0 bridgehead atoms. The van der Waals surface area contributed by atoms with Crippen LogP contribution >= 0.6 is 0 Å². The first-order valence-electron chi connectivity index (χ1n) is 6.20. The van der Waals surface area contributed by atoms with Gasteiger partial charge in [0.15, 0.2) is 0 Å². The lowest BCUT2D eigenvalue weighted by molar-refractivity contribution is 0.622. The van der Waals surface area contributed by atoms with Gasteiger partial charge in [-0.25, -0.2) is 4.39 Å². The Labute approximate surface area is 116 Å². The van der Waals surface area contributed by atoms with Gasteiger partial charge in [-0.3, -0.25) is 9.97 Å². The van der Waals surface area contributed by atoms with Crippen LogP contribution < -0.4 is 5.32 Å². The highest BCUT2D eigenvalue weighted by Crippen LogP contribution is 2.20. The summed E-state index contributed by atoms with van der Waals surface area (Å²) in [6.45, 7) is 0. The molecule has 1 aromatic carbocycles. The number of hydrogen-bond acceptors (Lipinski definition) is 3. The van der Waals surface area contributed by atoms with Crippen molar-refractivity contribution in [1.29, 1.82) is 0 Å². The Morgan fingerprint density at radius 3 is 2.40 bits per heavy atom. The summed E-state index contributed by atoms with van der Waals surface area (Å²) in [4.78, 5) is 8.18. The Morgan fingerprint density at radius 2 is 1.70 bits per heavy atom. The van der Waals surface area contributed by atoms with Crippen LogP contribution in [0.25, 0.3) is 11.3 Å². The monoisotopic (exact) mass is 265 g/mol. The second-order valence-electron chi connectivity index (χ2n) is 4.31. The molecule has 0 aliphatic rings. The highest BCUT2D eigenvalue weighted by molar-refractivity contribution is 5.63. The number of anilines is 2. The Hall–Kier alpha value is -2.75. The molecule has 20 heavy (non-hydrogen) atoms. The van der Waals surface area contributed by atoms with Gasteiger partial charge in [0, 0.05) is 11.6 Å². The van der Waals surface area contributed by atoms with Gasteiger partial charge in [0.2, 0.25) is 0 Å². The van der Waals surface area contributed by atoms with Gasteiger partial charge in [0.1, 0.15) is 5.82 Å². The molecule has 0 unspecified atom stereocenters. The lowest BCUT2D eigenvalue weighted by Crippen LogP contribution is -1.93. The van der Waals surface area contributed by atoms with E-state index < -0.39 is 0 Å². The number of nitrogens with one attached hydrogen (secondary N) is 1. The van der Waals surface area contributed by atoms with Gasteiger partial charge in [0.05, 0.1) is 35.7 Å². The lowest BCUT2D eigenvalue weighted by atomic mass is 10.1. The van der Waals surface area contributed by atoms with Crippen LogP contribution in [0.5, 0.6) is 0 Å². The van der Waals surface area contributed by atoms with Crippen LogP contribution in [0.2, 0.25) is 0 Å². The predicted octanol–water partition coefficient (Wildman–Crippen LogP) is 4.03. The average molecular weight is 265 g/mol. The van der Waals surface area contributed by atoms with Gasteiger partial charge in [-0.1, -0.05) is 30.3 Å². The number of aromatic nitrogens is 2. The molecule has 0 radical (unpaired) electrons. The molecule has 2 heterocycles. The van der Waals surface area contributed by atoms with Crippen molar-refractivity contribution in [3.05, 3.63) is 72.9 Å². The molecule has 0 aliphatic heterocycles. The van der Waals surface area contributed by atoms with Crippen molar-refractivity contribution < 1.29 is 4.39 Å². The molecule has 4 heteroatoms. The third-order valence-corrected chi connectivity index (χ3v) is 2.83. The maximum absolute atomic E-state index is 13.0. The van der Waals surface area contributed by atoms with E-state index >= 15 is 0 Å². The van der Waals surface area contributed by atoms with Gasteiger partial charge in [-0.2, -0.15) is 0 Å². The maximum Gasteiger partial charge on any atom is 0.143 e. The van der Waals surface area contributed by atoms with E-state index in [1.807, 2.05) is 42.5 Å². The minimum atomic E-state index is -0.371. The van der Waals surface area contributed by atoms with Crippen LogP contribution in [0.4, 0.5) is 15.8 Å². The van der Waals surface area contributed by atoms with Crippen LogP contribution in [0.3, 0.4) is 0 Å². The highest BCUT2D eigenvalue weighted by Gasteiger charge is 2.00. The number of hydrogen-bond donors (Lipinski definition) is 1. The van der Waals surface area contributed by atoms with E-state index in [2.05, 4.69) is 15.3 Å². The molecule has 3 rings (SSSR count). The molecule has 98 valence electrons. The van der Waals surface area contributed by atoms with E-state index in [9.17, 15) is 4.39 Å². The van der Waals surface area contributed by atoms with Crippen molar-refractivity contribution >= 4 is 11.4 Å². The van der Waals surface area contributed by atoms with Gasteiger partial charge < -0.3 is 5.32 Å². The zero-order valence-electron chi connectivity index (χ0n) is 10.6. The van der Waals surface area contributed by atoms with Crippen LogP contribution in [0.15, 0.2) is 67.1 Å². The number of nitrogens with zero attached hydrogens (tertiary/aromatic N) is 2. The Kier molecular flexibility index (Phi) is 3.37. The first kappa shape index (κ1) is 12.3. The summed E-state index contributed by atoms with van der Waals surface area (Å²) >= 11 is 0. The van der Waals surface area contributed by atoms with E-state index in [0.717, 1.165) is 16.9 Å². The van der Waals surface area contributed by atoms with Crippen molar-refractivity contribution in [2.45, 2.75) is 0 Å². The fourth-order valence-electron chi connectivity index (χ4n) is 1.89. The third-order valence-electron chi connectivity index (χ3n) is 2.83. The largest absolute Gasteiger partial charge is 0.353 e. The molecule has 0 spiro atoms. The summed E-state index contributed by atoms with van der Waals surface area (Å²) in [5, 5.41) is 3.06. The van der Waals surface area contributed by atoms with Gasteiger partial charge in [-0.05, 0) is 12.1 Å². The van der Waals surface area contributed by atoms with Crippen molar-refractivity contribution in [1.82, 2.24) is 9.97 Å². The van der Waals surface area contributed by atoms with Crippen molar-refractivity contribution in [3.63, 3.8) is 0 Å². The second-order valence-corrected chi connectivity index (χ2v) is 4.31. The number of halogens is 1. The van der Waals surface area contributed by atoms with Crippen LogP contribution in [-0.2, 0) is 0 Å². The Bertz CT molecular complexity index is 696. The normalized spacial score (nSPS) is 10.2. The third kappa shape index (κ3) is 2.80. The van der Waals surface area contributed by atoms with Crippen LogP contribution in [0, 0.1) is 5.82 Å². The minimum absolute atomic E-state index is 0.371. The predicted molar refractivity (Wildman–Crippen MR) is 77.2 cm³/mol. The van der Waals surface area contributed by atoms with Crippen molar-refractivity contribution in [2.75, 3.05) is 5.32 Å². The summed E-state index contributed by atoms with van der Waals surface area (Å²) in [5.41, 5.74) is 3.34. The molecule has 1 N–H and O–H groups in total. The van der Waals surface area contributed by atoms with E-state index in [1.54, 1.807) is 12.4 Å². The topological polar surface area (TPSA) is 37.8 Å². The molecular formula is C16H12FN3. The average Bonchev–Trinajstić information content (AvgIpc) is 2.49. The molecule has 0 saturated carbocycles. The summed E-state index contributed by atoms with van der Waals surface area (Å²) in [7, 11) is 0. The van der Waals surface area contributed by atoms with Gasteiger partial charge in [0.25, 0.3) is 0 Å². The number of pyridine rings is 2. The maximum atomic E-state index is 13.0. The van der Waals surface area contributed by atoms with Crippen molar-refractivity contribution in [3.8, 4) is 11.3 Å². The van der Waals surface area contributed by atoms with Gasteiger partial charge >= 0.3 is 0 Å². The molecule has 3 nitrogen and oxygen atoms in total. The summed E-state index contributed by atoms with van der Waals surface area (Å²) < 4.78 is 13.0. The fourth-order valence-corrected chi connectivity index (χ4v) is 1.89. The van der Waals surface area contributed by atoms with Crippen LogP contribution in [0.1, 0.15) is 0 Å². The van der Waals surface area contributed by atoms with E-state index in [-0.39, 0.29) is 5.82 Å². The number of rotatable bonds is 3. The molecule has 2 aromatic heterocycles. The SMILES string of the molecule is Fc1cncc(Nc2ccc(-c3ccccc3)nc2)c1. The zero-order chi connectivity index (χ0) is 13.8. The smallest absolute Gasteiger partial charge is 0.143 e. The first-order chi connectivity index (χ1) is 9.81. The summed E-state index contributed by atoms with van der Waals surface area (Å²) in [6, 6.07) is 15.1. The molecule has 0 aliphatic carbocycles. The number of benzene rings is 1. The fraction of sp³-hybridized carbons (Fsp3) is 0.